The third kappa shape index (κ3) is 5.20. The van der Waals surface area contributed by atoms with E-state index in [-0.39, 0.29) is 20.4 Å². The Bertz CT molecular complexity index is 1620. The number of fused-ring (bicyclic) bond motifs is 1. The molecular weight excluding hydrogens is 543 g/mol. The first-order chi connectivity index (χ1) is 17.9. The van der Waals surface area contributed by atoms with Crippen LogP contribution in [0.3, 0.4) is 0 Å². The fourth-order valence-electron chi connectivity index (χ4n) is 4.43. The molecule has 0 saturated carbocycles. The molecule has 6 aromatic rings. The van der Waals surface area contributed by atoms with Crippen molar-refractivity contribution in [3.8, 4) is 22.5 Å². The Labute approximate surface area is 231 Å². The zero-order valence-electron chi connectivity index (χ0n) is 19.9. The first kappa shape index (κ1) is 24.5. The molecule has 37 heavy (non-hydrogen) atoms. The average Bonchev–Trinajstić information content (AvgIpc) is 2.97. The summed E-state index contributed by atoms with van der Waals surface area (Å²) in [6, 6.07) is 46.4. The average molecular weight is 565 g/mol. The van der Waals surface area contributed by atoms with Crippen molar-refractivity contribution in [3.05, 3.63) is 163 Å². The van der Waals surface area contributed by atoms with Gasteiger partial charge in [-0.2, -0.15) is 0 Å². The van der Waals surface area contributed by atoms with Crippen LogP contribution in [-0.4, -0.2) is 9.97 Å². The van der Waals surface area contributed by atoms with Crippen LogP contribution in [0.15, 0.2) is 134 Å². The van der Waals surface area contributed by atoms with Crippen molar-refractivity contribution in [1.82, 2.24) is 9.97 Å². The maximum absolute atomic E-state index is 5.16. The topological polar surface area (TPSA) is 25.8 Å². The summed E-state index contributed by atoms with van der Waals surface area (Å²) in [5, 5.41) is 2.25. The summed E-state index contributed by atoms with van der Waals surface area (Å²) in [5.74, 6) is 0. The largest absolute Gasteiger partial charge is 2.00 e. The number of nitrogens with zero attached hydrogens (tertiary/aromatic N) is 2. The van der Waals surface area contributed by atoms with Crippen LogP contribution >= 0.6 is 0 Å². The molecule has 0 unspecified atom stereocenters. The Morgan fingerprint density at radius 3 is 2.27 bits per heavy atom. The van der Waals surface area contributed by atoms with Crippen molar-refractivity contribution in [2.24, 2.45) is 0 Å². The number of benzene rings is 4. The van der Waals surface area contributed by atoms with Crippen LogP contribution in [-0.2, 0) is 20.4 Å². The molecule has 2 nitrogen and oxygen atoms in total. The summed E-state index contributed by atoms with van der Waals surface area (Å²) in [6.07, 6.45) is 5.51. The Balaban J connectivity index is 0.00000280. The molecule has 0 amide bonds. The van der Waals surface area contributed by atoms with Gasteiger partial charge in [-0.3, -0.25) is 4.98 Å². The van der Waals surface area contributed by atoms with E-state index in [0.717, 1.165) is 55.7 Å². The fourth-order valence-corrected chi connectivity index (χ4v) is 4.43. The Morgan fingerprint density at radius 2 is 1.46 bits per heavy atom. The molecule has 0 saturated heterocycles. The van der Waals surface area contributed by atoms with E-state index in [9.17, 15) is 0 Å². The first-order valence-electron chi connectivity index (χ1n) is 11.9. The van der Waals surface area contributed by atoms with Gasteiger partial charge in [0.1, 0.15) is 0 Å². The van der Waals surface area contributed by atoms with Crippen molar-refractivity contribution in [2.75, 3.05) is 0 Å². The number of aromatic nitrogens is 2. The second-order valence-corrected chi connectivity index (χ2v) is 8.48. The van der Waals surface area contributed by atoms with Crippen LogP contribution in [0.25, 0.3) is 38.9 Å². The van der Waals surface area contributed by atoms with Crippen LogP contribution in [0, 0.1) is 12.1 Å². The van der Waals surface area contributed by atoms with Gasteiger partial charge < -0.3 is 4.98 Å². The van der Waals surface area contributed by atoms with E-state index >= 15 is 0 Å². The third-order valence-electron chi connectivity index (χ3n) is 6.15. The molecule has 0 radical (unpaired) electrons. The van der Waals surface area contributed by atoms with Crippen LogP contribution in [0.2, 0.25) is 0 Å². The van der Waals surface area contributed by atoms with Gasteiger partial charge in [-0.25, -0.2) is 0 Å². The quantitative estimate of drug-likeness (QED) is 0.120. The molecule has 0 aliphatic heterocycles. The van der Waals surface area contributed by atoms with E-state index in [1.807, 2.05) is 66.9 Å². The molecule has 178 valence electrons. The standard InChI is InChI=1S/C34H22N2.Pd/c1-3-13-25(14-4-1)31(32-21-11-12-22-35-32)23-27-17-7-9-19-29(27)33-24-28-18-8-10-20-30(28)34(36-33)26-15-5-2-6-16-26;/h1-15,17-22,24H;/q-2;+2. The molecule has 0 N–H and O–H groups in total. The summed E-state index contributed by atoms with van der Waals surface area (Å²) in [5.41, 5.74) is 7.68. The Morgan fingerprint density at radius 1 is 0.703 bits per heavy atom. The fraction of sp³-hybridized carbons (Fsp3) is 0. The second kappa shape index (κ2) is 11.3. The van der Waals surface area contributed by atoms with Crippen molar-refractivity contribution in [1.29, 1.82) is 0 Å². The SMILES string of the molecule is [C-](=C(c1ccccc1)c1ccccn1)c1ccccc1-c1cc2ccccc2c(-c2[c-]cccc2)n1.[Pd+2]. The van der Waals surface area contributed by atoms with Gasteiger partial charge >= 0.3 is 20.4 Å². The first-order valence-corrected chi connectivity index (χ1v) is 11.9. The molecule has 0 fully saturated rings. The maximum Gasteiger partial charge on any atom is 2.00 e. The van der Waals surface area contributed by atoms with E-state index in [1.165, 1.54) is 0 Å². The second-order valence-electron chi connectivity index (χ2n) is 8.48. The van der Waals surface area contributed by atoms with Crippen molar-refractivity contribution < 1.29 is 20.4 Å². The Hall–Kier alpha value is -4.16. The number of rotatable bonds is 5. The van der Waals surface area contributed by atoms with Crippen LogP contribution in [0.1, 0.15) is 16.8 Å². The molecule has 3 heteroatoms. The predicted molar refractivity (Wildman–Crippen MR) is 147 cm³/mol. The van der Waals surface area contributed by atoms with Gasteiger partial charge in [-0.1, -0.05) is 102 Å². The molecule has 0 atom stereocenters. The minimum Gasteiger partial charge on any atom is -0.304 e. The van der Waals surface area contributed by atoms with Gasteiger partial charge in [0.25, 0.3) is 0 Å². The Kier molecular flexibility index (Phi) is 7.47. The van der Waals surface area contributed by atoms with Crippen LogP contribution < -0.4 is 0 Å². The van der Waals surface area contributed by atoms with Gasteiger partial charge in [0.2, 0.25) is 0 Å². The molecule has 0 aliphatic rings. The van der Waals surface area contributed by atoms with E-state index < -0.39 is 0 Å². The summed E-state index contributed by atoms with van der Waals surface area (Å²) < 4.78 is 0. The third-order valence-corrected chi connectivity index (χ3v) is 6.15. The van der Waals surface area contributed by atoms with Crippen molar-refractivity contribution in [3.63, 3.8) is 0 Å². The molecule has 0 spiro atoms. The minimum absolute atomic E-state index is 0. The summed E-state index contributed by atoms with van der Waals surface area (Å²) >= 11 is 0. The molecule has 6 rings (SSSR count). The molecule has 2 aromatic heterocycles. The molecule has 2 heterocycles. The smallest absolute Gasteiger partial charge is 0.304 e. The number of hydrogen-bond donors (Lipinski definition) is 0. The van der Waals surface area contributed by atoms with E-state index in [0.29, 0.717) is 0 Å². The monoisotopic (exact) mass is 564 g/mol. The zero-order valence-corrected chi connectivity index (χ0v) is 21.5. The van der Waals surface area contributed by atoms with Gasteiger partial charge in [-0.15, -0.1) is 53.6 Å². The van der Waals surface area contributed by atoms with E-state index in [2.05, 4.69) is 83.9 Å². The molecule has 0 aliphatic carbocycles. The van der Waals surface area contributed by atoms with Gasteiger partial charge in [0.15, 0.2) is 0 Å². The van der Waals surface area contributed by atoms with Gasteiger partial charge in [0.05, 0.1) is 0 Å². The molecular formula is C34H22N2Pd. The van der Waals surface area contributed by atoms with Crippen LogP contribution in [0.5, 0.6) is 0 Å². The van der Waals surface area contributed by atoms with Crippen molar-refractivity contribution >= 4 is 16.3 Å². The normalized spacial score (nSPS) is 11.2. The van der Waals surface area contributed by atoms with E-state index in [4.69, 9.17) is 4.98 Å². The van der Waals surface area contributed by atoms with Crippen molar-refractivity contribution in [2.45, 2.75) is 0 Å². The number of pyridine rings is 2. The predicted octanol–water partition coefficient (Wildman–Crippen LogP) is 8.04. The summed E-state index contributed by atoms with van der Waals surface area (Å²) in [4.78, 5) is 9.79. The van der Waals surface area contributed by atoms with Crippen LogP contribution in [0.4, 0.5) is 0 Å². The minimum atomic E-state index is 0. The summed E-state index contributed by atoms with van der Waals surface area (Å²) in [6.45, 7) is 0. The molecule has 4 aromatic carbocycles. The van der Waals surface area contributed by atoms with E-state index in [1.54, 1.807) is 0 Å². The molecule has 0 bridgehead atoms. The zero-order chi connectivity index (χ0) is 24.2. The number of hydrogen-bond acceptors (Lipinski definition) is 2. The van der Waals surface area contributed by atoms with Gasteiger partial charge in [0, 0.05) is 17.6 Å². The summed E-state index contributed by atoms with van der Waals surface area (Å²) in [7, 11) is 0. The van der Waals surface area contributed by atoms with Gasteiger partial charge in [-0.05, 0) is 28.6 Å². The maximum atomic E-state index is 5.16.